The molecule has 1 aromatic carbocycles. The second-order valence-corrected chi connectivity index (χ2v) is 6.61. The molecule has 0 radical (unpaired) electrons. The normalized spacial score (nSPS) is 16.1. The van der Waals surface area contributed by atoms with E-state index < -0.39 is 0 Å². The van der Waals surface area contributed by atoms with Crippen molar-refractivity contribution in [1.29, 1.82) is 0 Å². The van der Waals surface area contributed by atoms with Crippen LogP contribution in [0.3, 0.4) is 0 Å². The first kappa shape index (κ1) is 17.0. The zero-order valence-electron chi connectivity index (χ0n) is 13.3. The Kier molecular flexibility index (Phi) is 6.03. The summed E-state index contributed by atoms with van der Waals surface area (Å²) in [6.07, 6.45) is 3.05. The fourth-order valence-electron chi connectivity index (χ4n) is 2.14. The molecular weight excluding hydrogens is 344 g/mol. The first-order valence-electron chi connectivity index (χ1n) is 7.65. The number of halogens is 1. The van der Waals surface area contributed by atoms with E-state index in [2.05, 4.69) is 39.6 Å². The van der Waals surface area contributed by atoms with Gasteiger partial charge < -0.3 is 15.4 Å². The number of fused-ring (bicyclic) bond motifs is 1. The Bertz CT molecular complexity index is 572. The highest BCUT2D eigenvalue weighted by atomic mass is 79.9. The molecule has 0 spiro atoms. The Labute approximate surface area is 140 Å². The average Bonchev–Trinajstić information content (AvgIpc) is 2.51. The van der Waals surface area contributed by atoms with Gasteiger partial charge in [-0.3, -0.25) is 4.79 Å². The Hall–Kier alpha value is -1.33. The van der Waals surface area contributed by atoms with Gasteiger partial charge in [-0.1, -0.05) is 22.9 Å². The van der Waals surface area contributed by atoms with Gasteiger partial charge in [0, 0.05) is 22.6 Å². The summed E-state index contributed by atoms with van der Waals surface area (Å²) in [7, 11) is 0. The first-order chi connectivity index (χ1) is 10.5. The second kappa shape index (κ2) is 7.79. The molecule has 2 unspecified atom stereocenters. The van der Waals surface area contributed by atoms with E-state index in [0.29, 0.717) is 13.2 Å². The topological polar surface area (TPSA) is 50.4 Å². The van der Waals surface area contributed by atoms with Crippen molar-refractivity contribution >= 4 is 27.9 Å². The highest BCUT2D eigenvalue weighted by molar-refractivity contribution is 9.10. The average molecular weight is 367 g/mol. The third-order valence-corrected chi connectivity index (χ3v) is 4.27. The molecule has 2 rings (SSSR count). The van der Waals surface area contributed by atoms with Gasteiger partial charge in [0.2, 0.25) is 5.91 Å². The number of carbonyl (C=O) groups excluding carboxylic acids is 1. The number of carbonyl (C=O) groups is 1. The van der Waals surface area contributed by atoms with Crippen LogP contribution in [0.25, 0.3) is 6.08 Å². The van der Waals surface area contributed by atoms with Crippen LogP contribution in [0.4, 0.5) is 0 Å². The minimum atomic E-state index is -0.223. The zero-order valence-corrected chi connectivity index (χ0v) is 14.9. The monoisotopic (exact) mass is 366 g/mol. The van der Waals surface area contributed by atoms with Crippen molar-refractivity contribution in [2.75, 3.05) is 13.2 Å². The number of hydrogen-bond donors (Lipinski definition) is 2. The maximum Gasteiger partial charge on any atom is 0.237 e. The standard InChI is InChI=1S/C17H23BrN2O2/c1-4-11(2)20-17(21)12(3)19-9-13-7-14-8-15(18)5-6-16(14)22-10-13/h5-8,11-12,19H,4,9-10H2,1-3H3,(H,20,21). The van der Waals surface area contributed by atoms with Crippen molar-refractivity contribution in [2.45, 2.75) is 39.3 Å². The van der Waals surface area contributed by atoms with Gasteiger partial charge in [0.05, 0.1) is 6.04 Å². The van der Waals surface area contributed by atoms with E-state index in [1.165, 1.54) is 0 Å². The predicted octanol–water partition coefficient (Wildman–Crippen LogP) is 3.12. The zero-order chi connectivity index (χ0) is 16.1. The molecule has 120 valence electrons. The molecule has 5 heteroatoms. The molecule has 0 bridgehead atoms. The van der Waals surface area contributed by atoms with Gasteiger partial charge in [0.1, 0.15) is 12.4 Å². The van der Waals surface area contributed by atoms with Crippen LogP contribution in [0.5, 0.6) is 5.75 Å². The summed E-state index contributed by atoms with van der Waals surface area (Å²) in [6, 6.07) is 5.95. The summed E-state index contributed by atoms with van der Waals surface area (Å²) in [5, 5.41) is 6.24. The lowest BCUT2D eigenvalue weighted by molar-refractivity contribution is -0.123. The number of ether oxygens (including phenoxy) is 1. The Morgan fingerprint density at radius 3 is 2.91 bits per heavy atom. The van der Waals surface area contributed by atoms with E-state index in [1.54, 1.807) is 0 Å². The molecule has 1 aromatic rings. The fraction of sp³-hybridized carbons (Fsp3) is 0.471. The van der Waals surface area contributed by atoms with Crippen LogP contribution in [0.1, 0.15) is 32.8 Å². The largest absolute Gasteiger partial charge is 0.489 e. The van der Waals surface area contributed by atoms with Gasteiger partial charge in [-0.15, -0.1) is 0 Å². The molecule has 0 saturated carbocycles. The number of nitrogens with one attached hydrogen (secondary N) is 2. The minimum Gasteiger partial charge on any atom is -0.489 e. The van der Waals surface area contributed by atoms with E-state index in [-0.39, 0.29) is 18.0 Å². The summed E-state index contributed by atoms with van der Waals surface area (Å²) >= 11 is 3.47. The molecule has 0 aromatic heterocycles. The van der Waals surface area contributed by atoms with Crippen LogP contribution in [-0.2, 0) is 4.79 Å². The molecule has 4 nitrogen and oxygen atoms in total. The Balaban J connectivity index is 1.91. The van der Waals surface area contributed by atoms with Crippen molar-refractivity contribution in [3.8, 4) is 5.75 Å². The van der Waals surface area contributed by atoms with Crippen LogP contribution < -0.4 is 15.4 Å². The van der Waals surface area contributed by atoms with Crippen molar-refractivity contribution in [2.24, 2.45) is 0 Å². The predicted molar refractivity (Wildman–Crippen MR) is 93.0 cm³/mol. The van der Waals surface area contributed by atoms with Gasteiger partial charge in [-0.05, 0) is 50.1 Å². The van der Waals surface area contributed by atoms with Gasteiger partial charge in [0.15, 0.2) is 0 Å². The van der Waals surface area contributed by atoms with Crippen molar-refractivity contribution in [1.82, 2.24) is 10.6 Å². The van der Waals surface area contributed by atoms with Gasteiger partial charge in [-0.2, -0.15) is 0 Å². The van der Waals surface area contributed by atoms with E-state index in [0.717, 1.165) is 27.8 Å². The molecule has 1 aliphatic rings. The molecule has 0 saturated heterocycles. The van der Waals surface area contributed by atoms with E-state index in [4.69, 9.17) is 4.74 Å². The van der Waals surface area contributed by atoms with Crippen molar-refractivity contribution < 1.29 is 9.53 Å². The Morgan fingerprint density at radius 2 is 2.18 bits per heavy atom. The quantitative estimate of drug-likeness (QED) is 0.812. The summed E-state index contributed by atoms with van der Waals surface area (Å²) in [5.74, 6) is 0.935. The molecule has 1 amide bonds. The van der Waals surface area contributed by atoms with Gasteiger partial charge in [-0.25, -0.2) is 0 Å². The van der Waals surface area contributed by atoms with Crippen LogP contribution >= 0.6 is 15.9 Å². The smallest absolute Gasteiger partial charge is 0.237 e. The minimum absolute atomic E-state index is 0.0369. The van der Waals surface area contributed by atoms with Crippen LogP contribution in [0.15, 0.2) is 28.2 Å². The second-order valence-electron chi connectivity index (χ2n) is 5.69. The van der Waals surface area contributed by atoms with E-state index in [1.807, 2.05) is 32.0 Å². The van der Waals surface area contributed by atoms with Crippen LogP contribution in [0.2, 0.25) is 0 Å². The van der Waals surface area contributed by atoms with Crippen molar-refractivity contribution in [3.63, 3.8) is 0 Å². The lowest BCUT2D eigenvalue weighted by Crippen LogP contribution is -2.46. The number of benzene rings is 1. The maximum atomic E-state index is 12.0. The molecule has 2 N–H and O–H groups in total. The first-order valence-corrected chi connectivity index (χ1v) is 8.44. The number of hydrogen-bond acceptors (Lipinski definition) is 3. The fourth-order valence-corrected chi connectivity index (χ4v) is 2.52. The SMILES string of the molecule is CCC(C)NC(=O)C(C)NCC1=Cc2cc(Br)ccc2OC1. The summed E-state index contributed by atoms with van der Waals surface area (Å²) in [4.78, 5) is 12.0. The molecule has 1 heterocycles. The van der Waals surface area contributed by atoms with E-state index >= 15 is 0 Å². The number of rotatable bonds is 6. The van der Waals surface area contributed by atoms with E-state index in [9.17, 15) is 4.79 Å². The molecular formula is C17H23BrN2O2. The maximum absolute atomic E-state index is 12.0. The molecule has 0 aliphatic carbocycles. The summed E-state index contributed by atoms with van der Waals surface area (Å²) in [5.41, 5.74) is 2.20. The van der Waals surface area contributed by atoms with Gasteiger partial charge in [0.25, 0.3) is 0 Å². The molecule has 2 atom stereocenters. The van der Waals surface area contributed by atoms with Crippen LogP contribution in [0, 0.1) is 0 Å². The molecule has 1 aliphatic heterocycles. The molecule has 0 fully saturated rings. The van der Waals surface area contributed by atoms with Crippen molar-refractivity contribution in [3.05, 3.63) is 33.8 Å². The summed E-state index contributed by atoms with van der Waals surface area (Å²) < 4.78 is 6.77. The molecule has 22 heavy (non-hydrogen) atoms. The highest BCUT2D eigenvalue weighted by Gasteiger charge is 2.16. The highest BCUT2D eigenvalue weighted by Crippen LogP contribution is 2.28. The Morgan fingerprint density at radius 1 is 1.41 bits per heavy atom. The lowest BCUT2D eigenvalue weighted by Gasteiger charge is -2.21. The van der Waals surface area contributed by atoms with Crippen LogP contribution in [-0.4, -0.2) is 31.1 Å². The third kappa shape index (κ3) is 4.58. The number of amides is 1. The lowest BCUT2D eigenvalue weighted by atomic mass is 10.1. The summed E-state index contributed by atoms with van der Waals surface area (Å²) in [6.45, 7) is 7.15. The third-order valence-electron chi connectivity index (χ3n) is 3.77. The van der Waals surface area contributed by atoms with Gasteiger partial charge >= 0.3 is 0 Å².